The lowest BCUT2D eigenvalue weighted by atomic mass is 10.2. The van der Waals surface area contributed by atoms with Gasteiger partial charge in [-0.05, 0) is 38.2 Å². The number of hydrogen-bond acceptors (Lipinski definition) is 2. The molecular formula is C12H14N2OS. The molecule has 84 valence electrons. The van der Waals surface area contributed by atoms with E-state index in [0.29, 0.717) is 18.2 Å². The summed E-state index contributed by atoms with van der Waals surface area (Å²) in [5.41, 5.74) is 2.19. The molecule has 3 nitrogen and oxygen atoms in total. The van der Waals surface area contributed by atoms with E-state index in [1.54, 1.807) is 4.90 Å². The molecule has 1 fully saturated rings. The molecule has 0 saturated carbocycles. The van der Waals surface area contributed by atoms with Crippen molar-refractivity contribution in [3.8, 4) is 0 Å². The average molecular weight is 234 g/mol. The van der Waals surface area contributed by atoms with Gasteiger partial charge in [-0.25, -0.2) is 0 Å². The van der Waals surface area contributed by atoms with Crippen LogP contribution in [0.15, 0.2) is 24.3 Å². The van der Waals surface area contributed by atoms with Crippen LogP contribution in [0.4, 0.5) is 5.69 Å². The SMILES string of the molecule is CCN1C(=O)CN(c2ccc(C)cc2)C1=S. The molecule has 4 heteroatoms. The van der Waals surface area contributed by atoms with Crippen LogP contribution in [0.1, 0.15) is 12.5 Å². The normalized spacial score (nSPS) is 16.1. The topological polar surface area (TPSA) is 23.6 Å². The zero-order valence-corrected chi connectivity index (χ0v) is 10.3. The van der Waals surface area contributed by atoms with E-state index in [-0.39, 0.29) is 5.91 Å². The number of benzene rings is 1. The minimum atomic E-state index is 0.0769. The first-order valence-corrected chi connectivity index (χ1v) is 5.73. The van der Waals surface area contributed by atoms with Crippen LogP contribution in [0.3, 0.4) is 0 Å². The van der Waals surface area contributed by atoms with Gasteiger partial charge in [0.1, 0.15) is 6.54 Å². The summed E-state index contributed by atoms with van der Waals surface area (Å²) < 4.78 is 0. The molecule has 1 aliphatic heterocycles. The van der Waals surface area contributed by atoms with Gasteiger partial charge in [-0.3, -0.25) is 9.69 Å². The van der Waals surface area contributed by atoms with E-state index in [0.717, 1.165) is 5.69 Å². The third-order valence-electron chi connectivity index (χ3n) is 2.72. The monoisotopic (exact) mass is 234 g/mol. The molecule has 0 unspecified atom stereocenters. The molecule has 1 aromatic carbocycles. The predicted molar refractivity (Wildman–Crippen MR) is 68.5 cm³/mol. The summed E-state index contributed by atoms with van der Waals surface area (Å²) in [4.78, 5) is 15.2. The van der Waals surface area contributed by atoms with E-state index in [1.165, 1.54) is 5.56 Å². The Bertz CT molecular complexity index is 427. The summed E-state index contributed by atoms with van der Waals surface area (Å²) in [7, 11) is 0. The van der Waals surface area contributed by atoms with Gasteiger partial charge in [0, 0.05) is 12.2 Å². The predicted octanol–water partition coefficient (Wildman–Crippen LogP) is 1.95. The standard InChI is InChI=1S/C12H14N2OS/c1-3-13-11(15)8-14(12(13)16)10-6-4-9(2)5-7-10/h4-7H,3,8H2,1-2H3. The van der Waals surface area contributed by atoms with Crippen LogP contribution in [0.25, 0.3) is 0 Å². The Morgan fingerprint density at radius 2 is 1.94 bits per heavy atom. The molecule has 0 spiro atoms. The number of rotatable bonds is 2. The summed E-state index contributed by atoms with van der Waals surface area (Å²) in [6, 6.07) is 8.04. The van der Waals surface area contributed by atoms with Crippen molar-refractivity contribution >= 4 is 28.9 Å². The molecule has 0 N–H and O–H groups in total. The summed E-state index contributed by atoms with van der Waals surface area (Å²) in [6.45, 7) is 4.97. The Kier molecular flexibility index (Phi) is 2.92. The van der Waals surface area contributed by atoms with Crippen LogP contribution >= 0.6 is 12.2 Å². The maximum Gasteiger partial charge on any atom is 0.248 e. The Labute approximate surface area is 101 Å². The highest BCUT2D eigenvalue weighted by Gasteiger charge is 2.32. The van der Waals surface area contributed by atoms with Crippen LogP contribution in [-0.4, -0.2) is 29.0 Å². The van der Waals surface area contributed by atoms with E-state index in [9.17, 15) is 4.79 Å². The second-order valence-electron chi connectivity index (χ2n) is 3.84. The van der Waals surface area contributed by atoms with Crippen LogP contribution in [0.2, 0.25) is 0 Å². The lowest BCUT2D eigenvalue weighted by molar-refractivity contribution is -0.124. The van der Waals surface area contributed by atoms with Gasteiger partial charge in [0.2, 0.25) is 5.91 Å². The molecule has 0 radical (unpaired) electrons. The van der Waals surface area contributed by atoms with Gasteiger partial charge in [0.15, 0.2) is 5.11 Å². The summed E-state index contributed by atoms with van der Waals surface area (Å²) in [5.74, 6) is 0.0769. The number of anilines is 1. The highest BCUT2D eigenvalue weighted by atomic mass is 32.1. The van der Waals surface area contributed by atoms with E-state index in [2.05, 4.69) is 0 Å². The van der Waals surface area contributed by atoms with Crippen LogP contribution in [0.5, 0.6) is 0 Å². The van der Waals surface area contributed by atoms with Crippen molar-refractivity contribution in [2.45, 2.75) is 13.8 Å². The number of carbonyl (C=O) groups is 1. The van der Waals surface area contributed by atoms with E-state index in [4.69, 9.17) is 12.2 Å². The number of aryl methyl sites for hydroxylation is 1. The summed E-state index contributed by atoms with van der Waals surface area (Å²) in [5, 5.41) is 0.608. The largest absolute Gasteiger partial charge is 0.309 e. The van der Waals surface area contributed by atoms with Crippen molar-refractivity contribution in [2.75, 3.05) is 18.0 Å². The van der Waals surface area contributed by atoms with Crippen molar-refractivity contribution in [3.63, 3.8) is 0 Å². The summed E-state index contributed by atoms with van der Waals surface area (Å²) in [6.07, 6.45) is 0. The molecular weight excluding hydrogens is 220 g/mol. The number of amides is 1. The van der Waals surface area contributed by atoms with E-state index < -0.39 is 0 Å². The molecule has 0 aliphatic carbocycles. The molecule has 1 amide bonds. The maximum atomic E-state index is 11.7. The van der Waals surface area contributed by atoms with Gasteiger partial charge in [0.05, 0.1) is 0 Å². The average Bonchev–Trinajstić information content (AvgIpc) is 2.55. The highest BCUT2D eigenvalue weighted by Crippen LogP contribution is 2.21. The Balaban J connectivity index is 2.27. The number of likely N-dealkylation sites (N-methyl/N-ethyl adjacent to an activating group) is 1. The molecule has 0 atom stereocenters. The first-order chi connectivity index (χ1) is 7.63. The first kappa shape index (κ1) is 11.1. The quantitative estimate of drug-likeness (QED) is 0.731. The third kappa shape index (κ3) is 1.80. The Hall–Kier alpha value is -1.42. The fraction of sp³-hybridized carbons (Fsp3) is 0.333. The van der Waals surface area contributed by atoms with Gasteiger partial charge in [-0.2, -0.15) is 0 Å². The highest BCUT2D eigenvalue weighted by molar-refractivity contribution is 7.80. The van der Waals surface area contributed by atoms with Crippen molar-refractivity contribution in [2.24, 2.45) is 0 Å². The molecule has 0 aromatic heterocycles. The summed E-state index contributed by atoms with van der Waals surface area (Å²) >= 11 is 5.28. The lowest BCUT2D eigenvalue weighted by Gasteiger charge is -2.19. The smallest absolute Gasteiger partial charge is 0.248 e. The van der Waals surface area contributed by atoms with Crippen molar-refractivity contribution in [1.29, 1.82) is 0 Å². The molecule has 16 heavy (non-hydrogen) atoms. The Morgan fingerprint density at radius 3 is 2.44 bits per heavy atom. The second-order valence-corrected chi connectivity index (χ2v) is 4.21. The molecule has 1 aromatic rings. The maximum absolute atomic E-state index is 11.7. The third-order valence-corrected chi connectivity index (χ3v) is 3.16. The first-order valence-electron chi connectivity index (χ1n) is 5.32. The van der Waals surface area contributed by atoms with Crippen LogP contribution in [0, 0.1) is 6.92 Å². The van der Waals surface area contributed by atoms with E-state index >= 15 is 0 Å². The number of carbonyl (C=O) groups excluding carboxylic acids is 1. The van der Waals surface area contributed by atoms with Crippen LogP contribution in [-0.2, 0) is 4.79 Å². The fourth-order valence-corrected chi connectivity index (χ4v) is 2.18. The molecule has 2 rings (SSSR count). The molecule has 1 aliphatic rings. The Morgan fingerprint density at radius 1 is 1.31 bits per heavy atom. The molecule has 0 bridgehead atoms. The number of hydrogen-bond donors (Lipinski definition) is 0. The van der Waals surface area contributed by atoms with Gasteiger partial charge >= 0.3 is 0 Å². The molecule has 1 heterocycles. The lowest BCUT2D eigenvalue weighted by Crippen LogP contribution is -2.32. The zero-order valence-electron chi connectivity index (χ0n) is 9.43. The zero-order chi connectivity index (χ0) is 11.7. The van der Waals surface area contributed by atoms with Crippen LogP contribution < -0.4 is 4.90 Å². The van der Waals surface area contributed by atoms with Crippen molar-refractivity contribution in [3.05, 3.63) is 29.8 Å². The minimum absolute atomic E-state index is 0.0769. The second kappa shape index (κ2) is 4.22. The molecule has 1 saturated heterocycles. The number of nitrogens with zero attached hydrogens (tertiary/aromatic N) is 2. The fourth-order valence-electron chi connectivity index (χ4n) is 1.78. The minimum Gasteiger partial charge on any atom is -0.309 e. The van der Waals surface area contributed by atoms with Gasteiger partial charge in [0.25, 0.3) is 0 Å². The van der Waals surface area contributed by atoms with Gasteiger partial charge < -0.3 is 4.90 Å². The van der Waals surface area contributed by atoms with E-state index in [1.807, 2.05) is 43.0 Å². The van der Waals surface area contributed by atoms with Crippen molar-refractivity contribution < 1.29 is 4.79 Å². The van der Waals surface area contributed by atoms with Gasteiger partial charge in [-0.1, -0.05) is 17.7 Å². The van der Waals surface area contributed by atoms with Gasteiger partial charge in [-0.15, -0.1) is 0 Å². The van der Waals surface area contributed by atoms with Crippen molar-refractivity contribution in [1.82, 2.24) is 4.90 Å². The number of thiocarbonyl (C=S) groups is 1.